The molecule has 1 atom stereocenters. The average molecular weight is 301 g/mol. The number of nitrogens with zero attached hydrogens (tertiary/aromatic N) is 1. The van der Waals surface area contributed by atoms with Crippen LogP contribution in [-0.2, 0) is 19.6 Å². The van der Waals surface area contributed by atoms with Crippen LogP contribution < -0.4 is 5.32 Å². The van der Waals surface area contributed by atoms with E-state index in [1.807, 2.05) is 5.32 Å². The molecule has 0 bridgehead atoms. The fraction of sp³-hybridized carbons (Fsp3) is 0.300. The van der Waals surface area contributed by atoms with Crippen LogP contribution in [0.3, 0.4) is 0 Å². The Morgan fingerprint density at radius 1 is 1.45 bits per heavy atom. The fourth-order valence-electron chi connectivity index (χ4n) is 1.77. The quantitative estimate of drug-likeness (QED) is 0.596. The van der Waals surface area contributed by atoms with Crippen LogP contribution in [0.15, 0.2) is 17.2 Å². The van der Waals surface area contributed by atoms with Gasteiger partial charge >= 0.3 is 5.97 Å². The molecule has 1 unspecified atom stereocenters. The van der Waals surface area contributed by atoms with Gasteiger partial charge in [0, 0.05) is 6.20 Å². The predicted molar refractivity (Wildman–Crippen MR) is 64.3 cm³/mol. The largest absolute Gasteiger partial charge is 0.477 e. The van der Waals surface area contributed by atoms with Crippen molar-refractivity contribution in [3.05, 3.63) is 18.0 Å². The molecular formula is C10H11N3O6S. The third-order valence-corrected chi connectivity index (χ3v) is 4.76. The summed E-state index contributed by atoms with van der Waals surface area (Å²) in [6.07, 6.45) is 1.00. The molecule has 20 heavy (non-hydrogen) atoms. The maximum absolute atomic E-state index is 12.3. The molecule has 2 amide bonds. The number of aromatic nitrogens is 1. The first kappa shape index (κ1) is 14.2. The number of carboxylic acids is 1. The number of amides is 2. The number of carboxylic acid groups (broad SMARTS) is 1. The van der Waals surface area contributed by atoms with Gasteiger partial charge in [-0.3, -0.25) is 14.9 Å². The van der Waals surface area contributed by atoms with Gasteiger partial charge in [-0.2, -0.15) is 4.31 Å². The van der Waals surface area contributed by atoms with Crippen molar-refractivity contribution in [3.63, 3.8) is 0 Å². The van der Waals surface area contributed by atoms with Gasteiger partial charge in [0.2, 0.25) is 21.8 Å². The molecule has 1 aromatic rings. The highest BCUT2D eigenvalue weighted by atomic mass is 32.2. The Morgan fingerprint density at radius 2 is 2.10 bits per heavy atom. The van der Waals surface area contributed by atoms with E-state index >= 15 is 0 Å². The van der Waals surface area contributed by atoms with E-state index in [0.717, 1.165) is 16.6 Å². The summed E-state index contributed by atoms with van der Waals surface area (Å²) in [6, 6.07) is -0.123. The molecule has 1 saturated heterocycles. The lowest BCUT2D eigenvalue weighted by Gasteiger charge is -2.30. The number of piperazine rings is 1. The van der Waals surface area contributed by atoms with Crippen molar-refractivity contribution < 1.29 is 27.9 Å². The summed E-state index contributed by atoms with van der Waals surface area (Å²) in [4.78, 5) is 35.5. The van der Waals surface area contributed by atoms with Gasteiger partial charge in [0.1, 0.15) is 16.6 Å². The smallest absolute Gasteiger partial charge is 0.352 e. The van der Waals surface area contributed by atoms with Gasteiger partial charge in [-0.25, -0.2) is 13.2 Å². The molecule has 9 nitrogen and oxygen atoms in total. The number of nitrogens with one attached hydrogen (secondary N) is 2. The summed E-state index contributed by atoms with van der Waals surface area (Å²) in [5.41, 5.74) is -0.302. The lowest BCUT2D eigenvalue weighted by atomic mass is 10.2. The molecule has 1 aromatic heterocycles. The number of aromatic amines is 1. The van der Waals surface area contributed by atoms with Crippen molar-refractivity contribution >= 4 is 27.8 Å². The van der Waals surface area contributed by atoms with Gasteiger partial charge in [0.25, 0.3) is 0 Å². The first-order valence-corrected chi connectivity index (χ1v) is 6.94. The summed E-state index contributed by atoms with van der Waals surface area (Å²) < 4.78 is 25.3. The lowest BCUT2D eigenvalue weighted by molar-refractivity contribution is -0.136. The zero-order valence-electron chi connectivity index (χ0n) is 10.3. The molecule has 0 saturated carbocycles. The topological polar surface area (TPSA) is 137 Å². The molecule has 0 aromatic carbocycles. The van der Waals surface area contributed by atoms with E-state index in [4.69, 9.17) is 5.11 Å². The molecular weight excluding hydrogens is 290 g/mol. The summed E-state index contributed by atoms with van der Waals surface area (Å²) in [5.74, 6) is -2.77. The van der Waals surface area contributed by atoms with Gasteiger partial charge in [-0.05, 0) is 13.0 Å². The highest BCUT2D eigenvalue weighted by molar-refractivity contribution is 7.89. The van der Waals surface area contributed by atoms with E-state index in [-0.39, 0.29) is 10.6 Å². The number of H-pyrrole nitrogens is 1. The number of imide groups is 1. The standard InChI is InChI=1S/C10H11N3O6S/c1-5-9(15)12-8(14)4-13(5)20(18,19)6-2-7(10(16)17)11-3-6/h2-3,5,11H,4H2,1H3,(H,16,17)(H,12,14,15). The van der Waals surface area contributed by atoms with E-state index in [1.165, 1.54) is 6.92 Å². The number of hydrogen-bond donors (Lipinski definition) is 3. The Hall–Kier alpha value is -2.20. The molecule has 2 heterocycles. The normalized spacial score (nSPS) is 20.8. The highest BCUT2D eigenvalue weighted by Gasteiger charge is 2.39. The van der Waals surface area contributed by atoms with Crippen molar-refractivity contribution in [3.8, 4) is 0 Å². The molecule has 3 N–H and O–H groups in total. The van der Waals surface area contributed by atoms with Gasteiger partial charge in [-0.1, -0.05) is 0 Å². The van der Waals surface area contributed by atoms with Crippen molar-refractivity contribution in [2.45, 2.75) is 17.9 Å². The van der Waals surface area contributed by atoms with Crippen LogP contribution in [0.25, 0.3) is 0 Å². The zero-order chi connectivity index (χ0) is 15.1. The Balaban J connectivity index is 2.40. The van der Waals surface area contributed by atoms with Crippen LogP contribution in [0.5, 0.6) is 0 Å². The number of hydrogen-bond acceptors (Lipinski definition) is 5. The van der Waals surface area contributed by atoms with Crippen LogP contribution in [0.2, 0.25) is 0 Å². The molecule has 1 aliphatic heterocycles. The number of carbonyl (C=O) groups is 3. The zero-order valence-corrected chi connectivity index (χ0v) is 11.1. The van der Waals surface area contributed by atoms with Gasteiger partial charge < -0.3 is 10.1 Å². The Bertz CT molecular complexity index is 692. The Kier molecular flexibility index (Phi) is 3.36. The van der Waals surface area contributed by atoms with Crippen molar-refractivity contribution in [1.82, 2.24) is 14.6 Å². The highest BCUT2D eigenvalue weighted by Crippen LogP contribution is 2.20. The van der Waals surface area contributed by atoms with Crippen molar-refractivity contribution in [2.75, 3.05) is 6.54 Å². The summed E-state index contributed by atoms with van der Waals surface area (Å²) in [6.45, 7) is 0.840. The van der Waals surface area contributed by atoms with Crippen LogP contribution in [-0.4, -0.2) is 53.2 Å². The lowest BCUT2D eigenvalue weighted by Crippen LogP contribution is -2.58. The van der Waals surface area contributed by atoms with Crippen molar-refractivity contribution in [1.29, 1.82) is 0 Å². The summed E-state index contributed by atoms with van der Waals surface area (Å²) in [7, 11) is -4.13. The molecule has 2 rings (SSSR count). The first-order chi connectivity index (χ1) is 9.23. The second-order valence-electron chi connectivity index (χ2n) is 4.19. The molecule has 0 aliphatic carbocycles. The molecule has 108 valence electrons. The minimum Gasteiger partial charge on any atom is -0.477 e. The number of aromatic carboxylic acids is 1. The van der Waals surface area contributed by atoms with Crippen LogP contribution in [0, 0.1) is 0 Å². The van der Waals surface area contributed by atoms with Crippen LogP contribution >= 0.6 is 0 Å². The van der Waals surface area contributed by atoms with Gasteiger partial charge in [0.15, 0.2) is 0 Å². The summed E-state index contributed by atoms with van der Waals surface area (Å²) in [5, 5.41) is 10.8. The third kappa shape index (κ3) is 2.30. The molecule has 1 aliphatic rings. The van der Waals surface area contributed by atoms with E-state index in [1.54, 1.807) is 0 Å². The molecule has 10 heteroatoms. The number of rotatable bonds is 3. The minimum absolute atomic E-state index is 0.302. The third-order valence-electron chi connectivity index (χ3n) is 2.87. The second-order valence-corrected chi connectivity index (χ2v) is 6.08. The average Bonchev–Trinajstić information content (AvgIpc) is 2.83. The van der Waals surface area contributed by atoms with E-state index < -0.39 is 40.4 Å². The van der Waals surface area contributed by atoms with E-state index in [9.17, 15) is 22.8 Å². The minimum atomic E-state index is -4.13. The fourth-order valence-corrected chi connectivity index (χ4v) is 3.31. The molecule has 0 spiro atoms. The number of carbonyl (C=O) groups excluding carboxylic acids is 2. The predicted octanol–water partition coefficient (Wildman–Crippen LogP) is -1.25. The maximum Gasteiger partial charge on any atom is 0.352 e. The Labute approximate surface area is 113 Å². The van der Waals surface area contributed by atoms with E-state index in [0.29, 0.717) is 0 Å². The van der Waals surface area contributed by atoms with Gasteiger partial charge in [-0.15, -0.1) is 0 Å². The number of sulfonamides is 1. The summed E-state index contributed by atoms with van der Waals surface area (Å²) >= 11 is 0. The van der Waals surface area contributed by atoms with Crippen LogP contribution in [0.4, 0.5) is 0 Å². The first-order valence-electron chi connectivity index (χ1n) is 5.50. The monoisotopic (exact) mass is 301 g/mol. The maximum atomic E-state index is 12.3. The molecule has 1 fully saturated rings. The second kappa shape index (κ2) is 4.72. The van der Waals surface area contributed by atoms with Gasteiger partial charge in [0.05, 0.1) is 6.54 Å². The van der Waals surface area contributed by atoms with Crippen LogP contribution in [0.1, 0.15) is 17.4 Å². The Morgan fingerprint density at radius 3 is 2.65 bits per heavy atom. The molecule has 0 radical (unpaired) electrons. The SMILES string of the molecule is CC1C(=O)NC(=O)CN1S(=O)(=O)c1c[nH]c(C(=O)O)c1. The van der Waals surface area contributed by atoms with E-state index in [2.05, 4.69) is 4.98 Å². The van der Waals surface area contributed by atoms with Crippen molar-refractivity contribution in [2.24, 2.45) is 0 Å².